The molecule has 2 atom stereocenters. The van der Waals surface area contributed by atoms with E-state index >= 15 is 0 Å². The second-order valence-electron chi connectivity index (χ2n) is 4.82. The molecule has 100 valence electrons. The van der Waals surface area contributed by atoms with Gasteiger partial charge in [0.15, 0.2) is 0 Å². The first-order valence-electron chi connectivity index (χ1n) is 6.84. The molecule has 0 aromatic heterocycles. The molecule has 4 nitrogen and oxygen atoms in total. The molecule has 17 heavy (non-hydrogen) atoms. The van der Waals surface area contributed by atoms with Crippen LogP contribution in [-0.2, 0) is 9.53 Å². The minimum Gasteiger partial charge on any atom is -0.377 e. The van der Waals surface area contributed by atoms with Crippen LogP contribution in [-0.4, -0.2) is 37.7 Å². The minimum absolute atomic E-state index is 0.136. The van der Waals surface area contributed by atoms with Crippen LogP contribution in [0, 0.1) is 0 Å². The highest BCUT2D eigenvalue weighted by molar-refractivity contribution is 5.76. The molecular formula is C13H26N2O2. The fraction of sp³-hybridized carbons (Fsp3) is 0.923. The second-order valence-corrected chi connectivity index (χ2v) is 4.82. The van der Waals surface area contributed by atoms with Crippen molar-refractivity contribution in [3.8, 4) is 0 Å². The molecule has 0 spiro atoms. The minimum atomic E-state index is 0.136. The van der Waals surface area contributed by atoms with Gasteiger partial charge in [-0.3, -0.25) is 4.79 Å². The van der Waals surface area contributed by atoms with Crippen LogP contribution in [0.15, 0.2) is 0 Å². The third-order valence-corrected chi connectivity index (χ3v) is 3.19. The predicted octanol–water partition coefficient (Wildman–Crippen LogP) is 1.45. The van der Waals surface area contributed by atoms with Crippen LogP contribution in [0.4, 0.5) is 0 Å². The van der Waals surface area contributed by atoms with Gasteiger partial charge in [-0.25, -0.2) is 0 Å². The van der Waals surface area contributed by atoms with E-state index in [9.17, 15) is 4.79 Å². The summed E-state index contributed by atoms with van der Waals surface area (Å²) in [5, 5.41) is 6.25. The van der Waals surface area contributed by atoms with Crippen LogP contribution in [0.1, 0.15) is 46.0 Å². The number of ether oxygens (including phenoxy) is 1. The highest BCUT2D eigenvalue weighted by Gasteiger charge is 2.13. The summed E-state index contributed by atoms with van der Waals surface area (Å²) in [4.78, 5) is 11.5. The SMILES string of the molecule is CCC(C)NC(=O)CCNCC1CCCCO1. The molecule has 2 unspecified atom stereocenters. The fourth-order valence-electron chi connectivity index (χ4n) is 1.88. The summed E-state index contributed by atoms with van der Waals surface area (Å²) in [5.74, 6) is 0.136. The maximum absolute atomic E-state index is 11.5. The Bertz CT molecular complexity index is 215. The average molecular weight is 242 g/mol. The van der Waals surface area contributed by atoms with Crippen molar-refractivity contribution in [1.82, 2.24) is 10.6 Å². The summed E-state index contributed by atoms with van der Waals surface area (Å²) in [6.45, 7) is 6.60. The van der Waals surface area contributed by atoms with Crippen molar-refractivity contribution in [2.45, 2.75) is 58.1 Å². The number of carbonyl (C=O) groups is 1. The Balaban J connectivity index is 1.97. The van der Waals surface area contributed by atoms with Crippen LogP contribution in [0.25, 0.3) is 0 Å². The molecule has 1 saturated heterocycles. The highest BCUT2D eigenvalue weighted by Crippen LogP contribution is 2.11. The maximum Gasteiger partial charge on any atom is 0.221 e. The largest absolute Gasteiger partial charge is 0.377 e. The lowest BCUT2D eigenvalue weighted by Crippen LogP contribution is -2.36. The number of nitrogens with one attached hydrogen (secondary N) is 2. The van der Waals surface area contributed by atoms with Gasteiger partial charge < -0.3 is 15.4 Å². The molecule has 0 aromatic rings. The molecule has 0 saturated carbocycles. The third kappa shape index (κ3) is 6.64. The molecule has 1 amide bonds. The van der Waals surface area contributed by atoms with E-state index in [2.05, 4.69) is 17.6 Å². The Labute approximate surface area is 104 Å². The Morgan fingerprint density at radius 1 is 1.47 bits per heavy atom. The molecule has 1 aliphatic rings. The number of rotatable bonds is 7. The van der Waals surface area contributed by atoms with Gasteiger partial charge in [-0.1, -0.05) is 6.92 Å². The van der Waals surface area contributed by atoms with Crippen LogP contribution < -0.4 is 10.6 Å². The van der Waals surface area contributed by atoms with Gasteiger partial charge in [-0.05, 0) is 32.6 Å². The molecule has 2 N–H and O–H groups in total. The molecule has 1 aliphatic heterocycles. The van der Waals surface area contributed by atoms with Gasteiger partial charge in [0.05, 0.1) is 6.10 Å². The molecule has 1 fully saturated rings. The molecule has 4 heteroatoms. The summed E-state index contributed by atoms with van der Waals surface area (Å²) in [6.07, 6.45) is 5.48. The van der Waals surface area contributed by atoms with Gasteiger partial charge in [-0.2, -0.15) is 0 Å². The van der Waals surface area contributed by atoms with Gasteiger partial charge in [0.2, 0.25) is 5.91 Å². The third-order valence-electron chi connectivity index (χ3n) is 3.19. The van der Waals surface area contributed by atoms with E-state index in [0.29, 0.717) is 12.5 Å². The Morgan fingerprint density at radius 2 is 2.29 bits per heavy atom. The summed E-state index contributed by atoms with van der Waals surface area (Å²) in [7, 11) is 0. The zero-order valence-electron chi connectivity index (χ0n) is 11.1. The summed E-state index contributed by atoms with van der Waals surface area (Å²) >= 11 is 0. The van der Waals surface area contributed by atoms with E-state index in [1.165, 1.54) is 12.8 Å². The highest BCUT2D eigenvalue weighted by atomic mass is 16.5. The topological polar surface area (TPSA) is 50.4 Å². The molecule has 1 rings (SSSR count). The van der Waals surface area contributed by atoms with Crippen LogP contribution in [0.2, 0.25) is 0 Å². The fourth-order valence-corrected chi connectivity index (χ4v) is 1.88. The van der Waals surface area contributed by atoms with Crippen molar-refractivity contribution in [2.24, 2.45) is 0 Å². The summed E-state index contributed by atoms with van der Waals surface area (Å²) in [6, 6.07) is 0.282. The smallest absolute Gasteiger partial charge is 0.221 e. The molecular weight excluding hydrogens is 216 g/mol. The summed E-state index contributed by atoms with van der Waals surface area (Å²) < 4.78 is 5.60. The lowest BCUT2D eigenvalue weighted by Gasteiger charge is -2.22. The standard InChI is InChI=1S/C13H26N2O2/c1-3-11(2)15-13(16)7-8-14-10-12-6-4-5-9-17-12/h11-12,14H,3-10H2,1-2H3,(H,15,16). The van der Waals surface area contributed by atoms with Crippen molar-refractivity contribution in [2.75, 3.05) is 19.7 Å². The maximum atomic E-state index is 11.5. The van der Waals surface area contributed by atoms with Gasteiger partial charge in [-0.15, -0.1) is 0 Å². The van der Waals surface area contributed by atoms with Crippen molar-refractivity contribution in [1.29, 1.82) is 0 Å². The second kappa shape index (κ2) is 8.48. The number of hydrogen-bond donors (Lipinski definition) is 2. The van der Waals surface area contributed by atoms with Crippen LogP contribution >= 0.6 is 0 Å². The first kappa shape index (κ1) is 14.5. The zero-order valence-corrected chi connectivity index (χ0v) is 11.1. The molecule has 0 radical (unpaired) electrons. The lowest BCUT2D eigenvalue weighted by molar-refractivity contribution is -0.121. The van der Waals surface area contributed by atoms with E-state index in [-0.39, 0.29) is 11.9 Å². The van der Waals surface area contributed by atoms with E-state index in [1.807, 2.05) is 6.92 Å². The quantitative estimate of drug-likeness (QED) is 0.664. The average Bonchev–Trinajstić information content (AvgIpc) is 2.36. The molecule has 0 aliphatic carbocycles. The van der Waals surface area contributed by atoms with Crippen molar-refractivity contribution >= 4 is 5.91 Å². The van der Waals surface area contributed by atoms with Crippen molar-refractivity contribution < 1.29 is 9.53 Å². The Kier molecular flexibility index (Phi) is 7.21. The van der Waals surface area contributed by atoms with Crippen molar-refractivity contribution in [3.63, 3.8) is 0 Å². The lowest BCUT2D eigenvalue weighted by atomic mass is 10.1. The first-order chi connectivity index (χ1) is 8.22. The van der Waals surface area contributed by atoms with E-state index < -0.39 is 0 Å². The van der Waals surface area contributed by atoms with Crippen LogP contribution in [0.5, 0.6) is 0 Å². The molecule has 0 bridgehead atoms. The van der Waals surface area contributed by atoms with E-state index in [0.717, 1.165) is 32.5 Å². The van der Waals surface area contributed by atoms with E-state index in [1.54, 1.807) is 0 Å². The molecule has 0 aromatic carbocycles. The van der Waals surface area contributed by atoms with Gasteiger partial charge in [0, 0.05) is 32.2 Å². The van der Waals surface area contributed by atoms with Gasteiger partial charge in [0.25, 0.3) is 0 Å². The predicted molar refractivity (Wildman–Crippen MR) is 69.0 cm³/mol. The first-order valence-corrected chi connectivity index (χ1v) is 6.84. The number of carbonyl (C=O) groups excluding carboxylic acids is 1. The number of hydrogen-bond acceptors (Lipinski definition) is 3. The zero-order chi connectivity index (χ0) is 12.5. The Morgan fingerprint density at radius 3 is 2.94 bits per heavy atom. The monoisotopic (exact) mass is 242 g/mol. The normalized spacial score (nSPS) is 22.1. The number of amides is 1. The van der Waals surface area contributed by atoms with Gasteiger partial charge >= 0.3 is 0 Å². The van der Waals surface area contributed by atoms with Gasteiger partial charge in [0.1, 0.15) is 0 Å². The van der Waals surface area contributed by atoms with E-state index in [4.69, 9.17) is 4.74 Å². The molecule has 1 heterocycles. The summed E-state index contributed by atoms with van der Waals surface area (Å²) in [5.41, 5.74) is 0. The van der Waals surface area contributed by atoms with Crippen LogP contribution in [0.3, 0.4) is 0 Å². The Hall–Kier alpha value is -0.610. The van der Waals surface area contributed by atoms with Crippen molar-refractivity contribution in [3.05, 3.63) is 0 Å².